The second kappa shape index (κ2) is 6.71. The number of likely N-dealkylation sites (tertiary alicyclic amines) is 1. The van der Waals surface area contributed by atoms with E-state index in [1.165, 1.54) is 5.56 Å². The van der Waals surface area contributed by atoms with Gasteiger partial charge in [0.05, 0.1) is 25.0 Å². The van der Waals surface area contributed by atoms with Crippen LogP contribution in [0.4, 0.5) is 0 Å². The SMILES string of the molecule is O=C(N[C@H]1CCN(CCc2ccccc2)C1)C12CC[N+]([O-])(CC1)CC2. The normalized spacial score (nSPS) is 35.0. The number of benzene rings is 1. The number of quaternary nitrogens is 1. The van der Waals surface area contributed by atoms with Crippen LogP contribution in [0, 0.1) is 10.6 Å². The first-order chi connectivity index (χ1) is 12.1. The Morgan fingerprint density at radius 2 is 1.88 bits per heavy atom. The summed E-state index contributed by atoms with van der Waals surface area (Å²) in [5.41, 5.74) is 1.12. The van der Waals surface area contributed by atoms with E-state index in [2.05, 4.69) is 40.5 Å². The van der Waals surface area contributed by atoms with E-state index in [1.54, 1.807) is 0 Å². The largest absolute Gasteiger partial charge is 0.633 e. The molecule has 0 unspecified atom stereocenters. The highest BCUT2D eigenvalue weighted by atomic mass is 16.5. The van der Waals surface area contributed by atoms with Gasteiger partial charge in [0.25, 0.3) is 0 Å². The molecule has 0 radical (unpaired) electrons. The van der Waals surface area contributed by atoms with Crippen LogP contribution < -0.4 is 5.32 Å². The standard InChI is InChI=1S/C20H29N3O2/c24-19(20-8-13-23(25,14-9-20)15-10-20)21-18-7-12-22(16-18)11-6-17-4-2-1-3-5-17/h1-5,18H,6-16H2,(H,21,24)/t18-,20?,23?/m0/s1. The Hall–Kier alpha value is -1.43. The average Bonchev–Trinajstić information content (AvgIpc) is 3.09. The molecule has 5 nitrogen and oxygen atoms in total. The van der Waals surface area contributed by atoms with Crippen LogP contribution in [0.25, 0.3) is 0 Å². The van der Waals surface area contributed by atoms with Crippen molar-refractivity contribution in [2.75, 3.05) is 39.3 Å². The molecule has 1 amide bonds. The second-order valence-corrected chi connectivity index (χ2v) is 8.25. The van der Waals surface area contributed by atoms with E-state index in [9.17, 15) is 10.0 Å². The number of nitrogens with one attached hydrogen (secondary N) is 1. The summed E-state index contributed by atoms with van der Waals surface area (Å²) in [6.45, 7) is 4.95. The minimum absolute atomic E-state index is 0.0638. The highest BCUT2D eigenvalue weighted by Gasteiger charge is 2.50. The van der Waals surface area contributed by atoms with Crippen LogP contribution in [-0.4, -0.2) is 60.8 Å². The first-order valence-corrected chi connectivity index (χ1v) is 9.71. The summed E-state index contributed by atoms with van der Waals surface area (Å²) >= 11 is 0. The van der Waals surface area contributed by atoms with E-state index in [4.69, 9.17) is 0 Å². The Morgan fingerprint density at radius 3 is 2.56 bits per heavy atom. The lowest BCUT2D eigenvalue weighted by molar-refractivity contribution is -0.898. The fourth-order valence-electron chi connectivity index (χ4n) is 4.73. The smallest absolute Gasteiger partial charge is 0.227 e. The van der Waals surface area contributed by atoms with Crippen LogP contribution in [-0.2, 0) is 11.2 Å². The topological polar surface area (TPSA) is 55.4 Å². The maximum Gasteiger partial charge on any atom is 0.227 e. The third-order valence-electron chi connectivity index (χ3n) is 6.64. The van der Waals surface area contributed by atoms with Crippen LogP contribution in [0.1, 0.15) is 31.2 Å². The highest BCUT2D eigenvalue weighted by molar-refractivity contribution is 5.83. The van der Waals surface area contributed by atoms with Gasteiger partial charge in [-0.25, -0.2) is 0 Å². The molecule has 4 fully saturated rings. The summed E-state index contributed by atoms with van der Waals surface area (Å²) in [5.74, 6) is 0.216. The van der Waals surface area contributed by atoms with Gasteiger partial charge >= 0.3 is 0 Å². The average molecular weight is 343 g/mol. The predicted octanol–water partition coefficient (Wildman–Crippen LogP) is 1.92. The van der Waals surface area contributed by atoms with E-state index in [1.807, 2.05) is 0 Å². The van der Waals surface area contributed by atoms with Gasteiger partial charge < -0.3 is 20.1 Å². The van der Waals surface area contributed by atoms with Crippen molar-refractivity contribution in [3.63, 3.8) is 0 Å². The lowest BCUT2D eigenvalue weighted by Gasteiger charge is -2.56. The summed E-state index contributed by atoms with van der Waals surface area (Å²) in [6, 6.07) is 10.9. The molecule has 0 aromatic heterocycles. The number of hydrogen-bond acceptors (Lipinski definition) is 3. The van der Waals surface area contributed by atoms with Gasteiger partial charge in [0, 0.05) is 44.9 Å². The number of piperidine rings is 3. The first-order valence-electron chi connectivity index (χ1n) is 9.71. The Balaban J connectivity index is 1.26. The Labute approximate surface area is 150 Å². The van der Waals surface area contributed by atoms with Gasteiger partial charge in [-0.2, -0.15) is 0 Å². The van der Waals surface area contributed by atoms with Gasteiger partial charge in [0.2, 0.25) is 5.91 Å². The number of hydrogen-bond donors (Lipinski definition) is 1. The molecule has 4 heterocycles. The molecule has 4 aliphatic heterocycles. The number of carbonyl (C=O) groups excluding carboxylic acids is 1. The van der Waals surface area contributed by atoms with E-state index in [-0.39, 0.29) is 22.0 Å². The molecule has 0 aliphatic carbocycles. The van der Waals surface area contributed by atoms with E-state index < -0.39 is 0 Å². The fraction of sp³-hybridized carbons (Fsp3) is 0.650. The minimum Gasteiger partial charge on any atom is -0.633 e. The van der Waals surface area contributed by atoms with Crippen molar-refractivity contribution in [1.29, 1.82) is 0 Å². The molecule has 5 heteroatoms. The zero-order chi connectivity index (χ0) is 17.3. The maximum atomic E-state index is 12.9. The van der Waals surface area contributed by atoms with Gasteiger partial charge in [-0.1, -0.05) is 30.3 Å². The zero-order valence-electron chi connectivity index (χ0n) is 15.0. The van der Waals surface area contributed by atoms with E-state index in [0.29, 0.717) is 19.6 Å². The number of nitrogens with zero attached hydrogens (tertiary/aromatic N) is 2. The maximum absolute atomic E-state index is 12.9. The van der Waals surface area contributed by atoms with Crippen molar-refractivity contribution in [2.45, 2.75) is 38.1 Å². The predicted molar refractivity (Wildman–Crippen MR) is 97.6 cm³/mol. The third kappa shape index (κ3) is 3.59. The molecule has 1 N–H and O–H groups in total. The molecular weight excluding hydrogens is 314 g/mol. The number of carbonyl (C=O) groups is 1. The van der Waals surface area contributed by atoms with Crippen LogP contribution in [0.3, 0.4) is 0 Å². The number of hydroxylamine groups is 3. The van der Waals surface area contributed by atoms with Crippen LogP contribution in [0.15, 0.2) is 30.3 Å². The first kappa shape index (κ1) is 17.0. The molecule has 0 spiro atoms. The Bertz CT molecular complexity index is 594. The van der Waals surface area contributed by atoms with Gasteiger partial charge in [-0.3, -0.25) is 4.79 Å². The summed E-state index contributed by atoms with van der Waals surface area (Å²) in [7, 11) is 0. The Morgan fingerprint density at radius 1 is 1.20 bits per heavy atom. The molecular formula is C20H29N3O2. The molecule has 2 bridgehead atoms. The zero-order valence-corrected chi connectivity index (χ0v) is 15.0. The Kier molecular flexibility index (Phi) is 4.56. The van der Waals surface area contributed by atoms with Gasteiger partial charge in [-0.15, -0.1) is 0 Å². The fourth-order valence-corrected chi connectivity index (χ4v) is 4.73. The van der Waals surface area contributed by atoms with Crippen LogP contribution in [0.2, 0.25) is 0 Å². The molecule has 4 saturated heterocycles. The monoisotopic (exact) mass is 343 g/mol. The number of rotatable bonds is 5. The molecule has 4 aliphatic rings. The van der Waals surface area contributed by atoms with E-state index >= 15 is 0 Å². The molecule has 1 aromatic carbocycles. The third-order valence-corrected chi connectivity index (χ3v) is 6.64. The second-order valence-electron chi connectivity index (χ2n) is 8.25. The molecule has 5 rings (SSSR count). The van der Waals surface area contributed by atoms with Crippen molar-refractivity contribution >= 4 is 5.91 Å². The van der Waals surface area contributed by atoms with Gasteiger partial charge in [-0.05, 0) is 18.4 Å². The lowest BCUT2D eigenvalue weighted by atomic mass is 9.71. The van der Waals surface area contributed by atoms with E-state index in [0.717, 1.165) is 51.7 Å². The van der Waals surface area contributed by atoms with Gasteiger partial charge in [0.1, 0.15) is 0 Å². The summed E-state index contributed by atoms with van der Waals surface area (Å²) in [5, 5.41) is 15.6. The summed E-state index contributed by atoms with van der Waals surface area (Å²) in [6.07, 6.45) is 4.42. The van der Waals surface area contributed by atoms with Crippen molar-refractivity contribution in [3.05, 3.63) is 41.1 Å². The molecule has 136 valence electrons. The summed E-state index contributed by atoms with van der Waals surface area (Å²) < 4.78 is -0.0638. The minimum atomic E-state index is -0.248. The van der Waals surface area contributed by atoms with Crippen molar-refractivity contribution in [3.8, 4) is 0 Å². The van der Waals surface area contributed by atoms with Gasteiger partial charge in [0.15, 0.2) is 0 Å². The van der Waals surface area contributed by atoms with Crippen LogP contribution >= 0.6 is 0 Å². The van der Waals surface area contributed by atoms with Crippen molar-refractivity contribution < 1.29 is 9.44 Å². The number of amides is 1. The molecule has 1 atom stereocenters. The lowest BCUT2D eigenvalue weighted by Crippen LogP contribution is -2.62. The molecule has 1 aromatic rings. The molecule has 0 saturated carbocycles. The quantitative estimate of drug-likeness (QED) is 0.656. The number of fused-ring (bicyclic) bond motifs is 3. The summed E-state index contributed by atoms with van der Waals surface area (Å²) in [4.78, 5) is 15.3. The van der Waals surface area contributed by atoms with Crippen molar-refractivity contribution in [2.24, 2.45) is 5.41 Å². The van der Waals surface area contributed by atoms with Crippen LogP contribution in [0.5, 0.6) is 0 Å². The van der Waals surface area contributed by atoms with Crippen molar-refractivity contribution in [1.82, 2.24) is 10.2 Å². The molecule has 25 heavy (non-hydrogen) atoms. The highest BCUT2D eigenvalue weighted by Crippen LogP contribution is 2.43.